The molecule has 3 aromatic carbocycles. The lowest BCUT2D eigenvalue weighted by Gasteiger charge is -2.25. The van der Waals surface area contributed by atoms with E-state index in [1.807, 2.05) is 0 Å². The van der Waals surface area contributed by atoms with Gasteiger partial charge in [0.1, 0.15) is 11.6 Å². The second-order valence-corrected chi connectivity index (χ2v) is 6.39. The maximum Gasteiger partial charge on any atom is 0.300 e. The van der Waals surface area contributed by atoms with Gasteiger partial charge in [-0.3, -0.25) is 14.5 Å². The Morgan fingerprint density at radius 1 is 0.821 bits per heavy atom. The number of anilines is 1. The first-order chi connectivity index (χ1) is 13.6. The number of amides is 1. The van der Waals surface area contributed by atoms with Crippen LogP contribution in [0.3, 0.4) is 0 Å². The molecule has 0 spiro atoms. The summed E-state index contributed by atoms with van der Waals surface area (Å²) in [5.74, 6) is -2.55. The number of hydrogen-bond acceptors (Lipinski definition) is 3. The number of halogens is 1. The molecule has 1 aliphatic rings. The van der Waals surface area contributed by atoms with Gasteiger partial charge >= 0.3 is 0 Å². The van der Waals surface area contributed by atoms with Crippen LogP contribution < -0.4 is 4.90 Å². The minimum Gasteiger partial charge on any atom is -0.507 e. The van der Waals surface area contributed by atoms with E-state index in [2.05, 4.69) is 0 Å². The molecule has 1 atom stereocenters. The van der Waals surface area contributed by atoms with Crippen molar-refractivity contribution < 1.29 is 19.1 Å². The van der Waals surface area contributed by atoms with Gasteiger partial charge in [0.25, 0.3) is 11.7 Å². The van der Waals surface area contributed by atoms with Gasteiger partial charge in [0.2, 0.25) is 0 Å². The van der Waals surface area contributed by atoms with Crippen LogP contribution in [-0.4, -0.2) is 16.8 Å². The summed E-state index contributed by atoms with van der Waals surface area (Å²) in [6, 6.07) is 21.9. The van der Waals surface area contributed by atoms with E-state index in [9.17, 15) is 19.1 Å². The van der Waals surface area contributed by atoms with Crippen LogP contribution in [-0.2, 0) is 9.59 Å². The molecule has 1 fully saturated rings. The summed E-state index contributed by atoms with van der Waals surface area (Å²) in [6.45, 7) is 0. The van der Waals surface area contributed by atoms with Crippen molar-refractivity contribution in [3.63, 3.8) is 0 Å². The fraction of sp³-hybridized carbons (Fsp3) is 0.0435. The molecular weight excluding hydrogens is 357 g/mol. The average molecular weight is 373 g/mol. The minimum atomic E-state index is -1.07. The van der Waals surface area contributed by atoms with E-state index < -0.39 is 23.5 Å². The first-order valence-corrected chi connectivity index (χ1v) is 8.75. The number of ketones is 1. The molecule has 1 N–H and O–H groups in total. The molecule has 0 bridgehead atoms. The highest BCUT2D eigenvalue weighted by Gasteiger charge is 2.47. The Kier molecular flexibility index (Phi) is 4.49. The molecular formula is C23H16FNO3. The van der Waals surface area contributed by atoms with Crippen molar-refractivity contribution in [3.8, 4) is 0 Å². The van der Waals surface area contributed by atoms with Gasteiger partial charge in [0, 0.05) is 16.8 Å². The molecule has 1 saturated heterocycles. The Morgan fingerprint density at radius 3 is 2.04 bits per heavy atom. The molecule has 1 heterocycles. The molecule has 0 aliphatic carbocycles. The Morgan fingerprint density at radius 2 is 1.39 bits per heavy atom. The largest absolute Gasteiger partial charge is 0.507 e. The fourth-order valence-electron chi connectivity index (χ4n) is 3.43. The van der Waals surface area contributed by atoms with Crippen molar-refractivity contribution in [1.82, 2.24) is 0 Å². The highest BCUT2D eigenvalue weighted by atomic mass is 19.1. The first kappa shape index (κ1) is 17.7. The molecule has 5 heteroatoms. The molecule has 0 unspecified atom stereocenters. The van der Waals surface area contributed by atoms with Crippen molar-refractivity contribution >= 4 is 23.1 Å². The molecule has 4 nitrogen and oxygen atoms in total. The van der Waals surface area contributed by atoms with Crippen LogP contribution in [0.2, 0.25) is 0 Å². The molecule has 138 valence electrons. The number of Topliss-reactive ketones (excluding diaryl/α,β-unsaturated/α-hetero) is 1. The van der Waals surface area contributed by atoms with Crippen LogP contribution in [0.25, 0.3) is 5.76 Å². The summed E-state index contributed by atoms with van der Waals surface area (Å²) in [4.78, 5) is 27.0. The third kappa shape index (κ3) is 2.87. The van der Waals surface area contributed by atoms with Crippen molar-refractivity contribution in [2.75, 3.05) is 4.90 Å². The Bertz CT molecular complexity index is 1080. The number of carbonyl (C=O) groups excluding carboxylic acids is 2. The summed E-state index contributed by atoms with van der Waals surface area (Å²) < 4.78 is 14.7. The third-order valence-electron chi connectivity index (χ3n) is 4.73. The maximum atomic E-state index is 14.7. The van der Waals surface area contributed by atoms with Gasteiger partial charge in [0.15, 0.2) is 0 Å². The van der Waals surface area contributed by atoms with E-state index in [-0.39, 0.29) is 16.9 Å². The molecule has 1 aliphatic heterocycles. The number of aliphatic hydroxyl groups is 1. The van der Waals surface area contributed by atoms with Crippen LogP contribution in [0.5, 0.6) is 0 Å². The standard InChI is InChI=1S/C23H16FNO3/c24-18-14-8-7-13-17(18)20-19(21(26)15-9-3-1-4-10-15)22(27)23(28)25(20)16-11-5-2-6-12-16/h1-14,20,26H/b21-19+/t20-/m0/s1. The van der Waals surface area contributed by atoms with Crippen molar-refractivity contribution in [3.05, 3.63) is 107 Å². The summed E-state index contributed by atoms with van der Waals surface area (Å²) in [6.07, 6.45) is 0. The van der Waals surface area contributed by atoms with E-state index in [4.69, 9.17) is 0 Å². The van der Waals surface area contributed by atoms with Gasteiger partial charge < -0.3 is 5.11 Å². The van der Waals surface area contributed by atoms with Crippen molar-refractivity contribution in [1.29, 1.82) is 0 Å². The van der Waals surface area contributed by atoms with E-state index in [0.717, 1.165) is 0 Å². The highest BCUT2D eigenvalue weighted by molar-refractivity contribution is 6.51. The predicted molar refractivity (Wildman–Crippen MR) is 104 cm³/mol. The number of benzene rings is 3. The number of para-hydroxylation sites is 1. The van der Waals surface area contributed by atoms with Gasteiger partial charge in [-0.15, -0.1) is 0 Å². The molecule has 0 saturated carbocycles. The summed E-state index contributed by atoms with van der Waals surface area (Å²) in [7, 11) is 0. The van der Waals surface area contributed by atoms with E-state index >= 15 is 0 Å². The van der Waals surface area contributed by atoms with Gasteiger partial charge in [-0.1, -0.05) is 66.7 Å². The Hall–Kier alpha value is -3.73. The Labute approximate surface area is 161 Å². The summed E-state index contributed by atoms with van der Waals surface area (Å²) >= 11 is 0. The number of nitrogens with zero attached hydrogens (tertiary/aromatic N) is 1. The van der Waals surface area contributed by atoms with Gasteiger partial charge in [0.05, 0.1) is 11.6 Å². The predicted octanol–water partition coefficient (Wildman–Crippen LogP) is 4.45. The Balaban J connectivity index is 1.98. The van der Waals surface area contributed by atoms with E-state index in [1.54, 1.807) is 66.7 Å². The summed E-state index contributed by atoms with van der Waals surface area (Å²) in [5, 5.41) is 10.9. The highest BCUT2D eigenvalue weighted by Crippen LogP contribution is 2.42. The zero-order chi connectivity index (χ0) is 19.7. The second kappa shape index (κ2) is 7.12. The number of carbonyl (C=O) groups is 2. The smallest absolute Gasteiger partial charge is 0.300 e. The number of hydrogen-bond donors (Lipinski definition) is 1. The quantitative estimate of drug-likeness (QED) is 0.419. The van der Waals surface area contributed by atoms with Crippen LogP contribution >= 0.6 is 0 Å². The van der Waals surface area contributed by atoms with E-state index in [0.29, 0.717) is 11.3 Å². The van der Waals surface area contributed by atoms with Gasteiger partial charge in [-0.25, -0.2) is 4.39 Å². The van der Waals surface area contributed by atoms with Crippen LogP contribution in [0.15, 0.2) is 90.5 Å². The normalized spacial score (nSPS) is 18.5. The van der Waals surface area contributed by atoms with Gasteiger partial charge in [-0.05, 0) is 18.2 Å². The van der Waals surface area contributed by atoms with Gasteiger partial charge in [-0.2, -0.15) is 0 Å². The minimum absolute atomic E-state index is 0.134. The first-order valence-electron chi connectivity index (χ1n) is 8.75. The topological polar surface area (TPSA) is 57.6 Å². The lowest BCUT2D eigenvalue weighted by Crippen LogP contribution is -2.29. The lowest BCUT2D eigenvalue weighted by molar-refractivity contribution is -0.132. The SMILES string of the molecule is O=C1C(=O)N(c2ccccc2)[C@@H](c2ccccc2F)/C1=C(\O)c1ccccc1. The molecule has 4 rings (SSSR count). The molecule has 28 heavy (non-hydrogen) atoms. The molecule has 1 amide bonds. The number of aliphatic hydroxyl groups excluding tert-OH is 1. The molecule has 3 aromatic rings. The maximum absolute atomic E-state index is 14.7. The van der Waals surface area contributed by atoms with Crippen molar-refractivity contribution in [2.45, 2.75) is 6.04 Å². The molecule has 0 radical (unpaired) electrons. The third-order valence-corrected chi connectivity index (χ3v) is 4.73. The fourth-order valence-corrected chi connectivity index (χ4v) is 3.43. The average Bonchev–Trinajstić information content (AvgIpc) is 3.00. The zero-order valence-electron chi connectivity index (χ0n) is 14.7. The van der Waals surface area contributed by atoms with Crippen LogP contribution in [0.4, 0.5) is 10.1 Å². The van der Waals surface area contributed by atoms with Crippen molar-refractivity contribution in [2.24, 2.45) is 0 Å². The summed E-state index contributed by atoms with van der Waals surface area (Å²) in [5.41, 5.74) is 0.841. The number of rotatable bonds is 3. The van der Waals surface area contributed by atoms with Crippen LogP contribution in [0, 0.1) is 5.82 Å². The lowest BCUT2D eigenvalue weighted by atomic mass is 9.95. The van der Waals surface area contributed by atoms with Crippen LogP contribution in [0.1, 0.15) is 17.2 Å². The van der Waals surface area contributed by atoms with E-state index in [1.165, 1.54) is 23.1 Å². The zero-order valence-corrected chi connectivity index (χ0v) is 14.7. The monoisotopic (exact) mass is 373 g/mol. The second-order valence-electron chi connectivity index (χ2n) is 6.39. The molecule has 0 aromatic heterocycles.